The van der Waals surface area contributed by atoms with Crippen molar-refractivity contribution in [1.82, 2.24) is 0 Å². The first kappa shape index (κ1) is 18.2. The molecule has 0 saturated heterocycles. The van der Waals surface area contributed by atoms with Gasteiger partial charge in [-0.1, -0.05) is 26.2 Å². The molecule has 1 N–H and O–H groups in total. The quantitative estimate of drug-likeness (QED) is 0.359. The van der Waals surface area contributed by atoms with E-state index >= 15 is 0 Å². The lowest BCUT2D eigenvalue weighted by Gasteiger charge is -2.08. The average Bonchev–Trinajstić information content (AvgIpc) is 2.42. The number of aliphatic hydroxyl groups is 1. The molecule has 0 aliphatic carbocycles. The Morgan fingerprint density at radius 2 is 1.74 bits per heavy atom. The third-order valence-electron chi connectivity index (χ3n) is 2.41. The highest BCUT2D eigenvalue weighted by Crippen LogP contribution is 2.01. The molecule has 0 rings (SSSR count). The Balaban J connectivity index is 3.48. The largest absolute Gasteiger partial charge is 0.466 e. The van der Waals surface area contributed by atoms with Gasteiger partial charge in [0.15, 0.2) is 0 Å². The van der Waals surface area contributed by atoms with E-state index in [-0.39, 0.29) is 25.3 Å². The molecule has 0 fully saturated rings. The first-order chi connectivity index (χ1) is 9.10. The molecule has 0 aromatic heterocycles. The molecule has 0 bridgehead atoms. The van der Waals surface area contributed by atoms with Gasteiger partial charge in [0.1, 0.15) is 12.7 Å². The molecule has 0 spiro atoms. The minimum atomic E-state index is -0.865. The number of hydrogen-bond donors (Lipinski definition) is 1. The highest BCUT2D eigenvalue weighted by Gasteiger charge is 2.11. The van der Waals surface area contributed by atoms with Crippen molar-refractivity contribution in [2.75, 3.05) is 19.1 Å². The van der Waals surface area contributed by atoms with Crippen molar-refractivity contribution < 1.29 is 24.2 Å². The van der Waals surface area contributed by atoms with Crippen molar-refractivity contribution in [3.05, 3.63) is 0 Å². The van der Waals surface area contributed by atoms with Crippen molar-refractivity contribution in [2.45, 2.75) is 51.6 Å². The standard InChI is InChI=1S/C13H23ClO5/c1-2-3-4-5-8-18-12(16)6-7-13(17)19-10-11(15)9-14/h11,15H,2-10H2,1H3. The Morgan fingerprint density at radius 3 is 2.32 bits per heavy atom. The molecule has 1 unspecified atom stereocenters. The van der Waals surface area contributed by atoms with Crippen LogP contribution in [0.4, 0.5) is 0 Å². The Hall–Kier alpha value is -0.810. The Labute approximate surface area is 119 Å². The van der Waals surface area contributed by atoms with Crippen LogP contribution in [-0.2, 0) is 19.1 Å². The van der Waals surface area contributed by atoms with Gasteiger partial charge in [-0.2, -0.15) is 0 Å². The number of halogens is 1. The molecule has 0 heterocycles. The van der Waals surface area contributed by atoms with Gasteiger partial charge in [-0.3, -0.25) is 9.59 Å². The van der Waals surface area contributed by atoms with E-state index in [2.05, 4.69) is 6.92 Å². The number of carbonyl (C=O) groups excluding carboxylic acids is 2. The van der Waals surface area contributed by atoms with Gasteiger partial charge < -0.3 is 14.6 Å². The summed E-state index contributed by atoms with van der Waals surface area (Å²) >= 11 is 5.34. The first-order valence-electron chi connectivity index (χ1n) is 6.65. The summed E-state index contributed by atoms with van der Waals surface area (Å²) in [6, 6.07) is 0. The predicted octanol–water partition coefficient (Wildman–Crippen LogP) is 2.03. The average molecular weight is 295 g/mol. The van der Waals surface area contributed by atoms with Gasteiger partial charge in [-0.05, 0) is 6.42 Å². The zero-order chi connectivity index (χ0) is 14.5. The molecule has 1 atom stereocenters. The highest BCUT2D eigenvalue weighted by atomic mass is 35.5. The number of hydrogen-bond acceptors (Lipinski definition) is 5. The molecule has 112 valence electrons. The first-order valence-corrected chi connectivity index (χ1v) is 7.18. The van der Waals surface area contributed by atoms with E-state index in [1.807, 2.05) is 0 Å². The van der Waals surface area contributed by atoms with Gasteiger partial charge in [0.25, 0.3) is 0 Å². The smallest absolute Gasteiger partial charge is 0.306 e. The van der Waals surface area contributed by atoms with Crippen LogP contribution in [0.2, 0.25) is 0 Å². The van der Waals surface area contributed by atoms with Crippen molar-refractivity contribution in [1.29, 1.82) is 0 Å². The SMILES string of the molecule is CCCCCCOC(=O)CCC(=O)OCC(O)CCl. The van der Waals surface area contributed by atoms with Crippen LogP contribution in [0.3, 0.4) is 0 Å². The summed E-state index contributed by atoms with van der Waals surface area (Å²) in [4.78, 5) is 22.5. The maximum atomic E-state index is 11.3. The molecule has 0 aromatic rings. The minimum absolute atomic E-state index is 0.00355. The van der Waals surface area contributed by atoms with Crippen LogP contribution in [0.25, 0.3) is 0 Å². The van der Waals surface area contributed by atoms with Gasteiger partial charge in [-0.15, -0.1) is 11.6 Å². The molecular formula is C13H23ClO5. The summed E-state index contributed by atoms with van der Waals surface area (Å²) in [6.07, 6.45) is 3.26. The highest BCUT2D eigenvalue weighted by molar-refractivity contribution is 6.18. The fourth-order valence-corrected chi connectivity index (χ4v) is 1.39. The second-order valence-corrected chi connectivity index (χ2v) is 4.58. The van der Waals surface area contributed by atoms with Gasteiger partial charge in [-0.25, -0.2) is 0 Å². The van der Waals surface area contributed by atoms with Crippen LogP contribution in [0.5, 0.6) is 0 Å². The Morgan fingerprint density at radius 1 is 1.11 bits per heavy atom. The number of rotatable bonds is 11. The lowest BCUT2D eigenvalue weighted by atomic mass is 10.2. The van der Waals surface area contributed by atoms with Gasteiger partial charge >= 0.3 is 11.9 Å². The predicted molar refractivity (Wildman–Crippen MR) is 72.0 cm³/mol. The molecule has 6 heteroatoms. The third-order valence-corrected chi connectivity index (χ3v) is 2.77. The van der Waals surface area contributed by atoms with E-state index < -0.39 is 18.0 Å². The van der Waals surface area contributed by atoms with Crippen LogP contribution in [0.15, 0.2) is 0 Å². The molecule has 5 nitrogen and oxygen atoms in total. The maximum Gasteiger partial charge on any atom is 0.306 e. The van der Waals surface area contributed by atoms with Crippen LogP contribution in [-0.4, -0.2) is 42.2 Å². The molecule has 0 aliphatic rings. The summed E-state index contributed by atoms with van der Waals surface area (Å²) in [5.74, 6) is -0.925. The van der Waals surface area contributed by atoms with Gasteiger partial charge in [0.2, 0.25) is 0 Å². The van der Waals surface area contributed by atoms with Crippen molar-refractivity contribution in [3.8, 4) is 0 Å². The maximum absolute atomic E-state index is 11.3. The van der Waals surface area contributed by atoms with E-state index in [1.54, 1.807) is 0 Å². The number of aliphatic hydroxyl groups excluding tert-OH is 1. The number of alkyl halides is 1. The van der Waals surface area contributed by atoms with Crippen LogP contribution in [0, 0.1) is 0 Å². The number of unbranched alkanes of at least 4 members (excludes halogenated alkanes) is 3. The van der Waals surface area contributed by atoms with Crippen molar-refractivity contribution in [2.24, 2.45) is 0 Å². The zero-order valence-corrected chi connectivity index (χ0v) is 12.2. The molecule has 0 aliphatic heterocycles. The van der Waals surface area contributed by atoms with Crippen LogP contribution >= 0.6 is 11.6 Å². The number of esters is 2. The molecule has 19 heavy (non-hydrogen) atoms. The Bertz CT molecular complexity index is 257. The number of ether oxygens (including phenoxy) is 2. The molecule has 0 radical (unpaired) electrons. The van der Waals surface area contributed by atoms with E-state index in [9.17, 15) is 9.59 Å². The molecule has 0 saturated carbocycles. The summed E-state index contributed by atoms with van der Waals surface area (Å²) in [7, 11) is 0. The normalized spacial score (nSPS) is 11.9. The fourth-order valence-electron chi connectivity index (χ4n) is 1.30. The fraction of sp³-hybridized carbons (Fsp3) is 0.846. The van der Waals surface area contributed by atoms with E-state index in [0.717, 1.165) is 25.7 Å². The van der Waals surface area contributed by atoms with Gasteiger partial charge in [0.05, 0.1) is 25.3 Å². The lowest BCUT2D eigenvalue weighted by Crippen LogP contribution is -2.20. The van der Waals surface area contributed by atoms with E-state index in [4.69, 9.17) is 26.2 Å². The summed E-state index contributed by atoms with van der Waals surface area (Å²) in [5, 5.41) is 9.07. The molecule has 0 amide bonds. The minimum Gasteiger partial charge on any atom is -0.466 e. The van der Waals surface area contributed by atoms with Crippen molar-refractivity contribution in [3.63, 3.8) is 0 Å². The molecule has 0 aromatic carbocycles. The lowest BCUT2D eigenvalue weighted by molar-refractivity contribution is -0.151. The Kier molecular flexibility index (Phi) is 11.7. The third kappa shape index (κ3) is 12.0. The van der Waals surface area contributed by atoms with E-state index in [0.29, 0.717) is 6.61 Å². The van der Waals surface area contributed by atoms with E-state index in [1.165, 1.54) is 0 Å². The molecular weight excluding hydrogens is 272 g/mol. The van der Waals surface area contributed by atoms with Gasteiger partial charge in [0, 0.05) is 0 Å². The zero-order valence-electron chi connectivity index (χ0n) is 11.4. The number of carbonyl (C=O) groups is 2. The topological polar surface area (TPSA) is 72.8 Å². The van der Waals surface area contributed by atoms with Crippen LogP contribution in [0.1, 0.15) is 45.4 Å². The second kappa shape index (κ2) is 12.2. The summed E-state index contributed by atoms with van der Waals surface area (Å²) in [5.41, 5.74) is 0. The summed E-state index contributed by atoms with van der Waals surface area (Å²) in [6.45, 7) is 2.37. The second-order valence-electron chi connectivity index (χ2n) is 4.27. The monoisotopic (exact) mass is 294 g/mol. The van der Waals surface area contributed by atoms with Crippen LogP contribution < -0.4 is 0 Å². The summed E-state index contributed by atoms with van der Waals surface area (Å²) < 4.78 is 9.69. The van der Waals surface area contributed by atoms with Crippen molar-refractivity contribution >= 4 is 23.5 Å².